The third-order valence-corrected chi connectivity index (χ3v) is 4.02. The first-order valence-corrected chi connectivity index (χ1v) is 6.65. The number of hydrogen-bond acceptors (Lipinski definition) is 3. The van der Waals surface area contributed by atoms with E-state index in [-0.39, 0.29) is 12.3 Å². The smallest absolute Gasteiger partial charge is 0.307 e. The third kappa shape index (κ3) is 2.89. The molecule has 1 saturated carbocycles. The second kappa shape index (κ2) is 5.20. The maximum atomic E-state index is 12.3. The summed E-state index contributed by atoms with van der Waals surface area (Å²) in [5, 5.41) is 11.8. The Bertz CT molecular complexity index is 609. The summed E-state index contributed by atoms with van der Waals surface area (Å²) < 4.78 is 0. The molecule has 6 nitrogen and oxygen atoms in total. The van der Waals surface area contributed by atoms with Gasteiger partial charge in [0, 0.05) is 5.69 Å². The van der Waals surface area contributed by atoms with Crippen LogP contribution in [0.2, 0.25) is 0 Å². The summed E-state index contributed by atoms with van der Waals surface area (Å²) in [7, 11) is 0. The van der Waals surface area contributed by atoms with E-state index in [9.17, 15) is 14.4 Å². The average molecular weight is 290 g/mol. The number of nitrogens with two attached hydrogens (primary N) is 1. The molecule has 1 aliphatic rings. The highest BCUT2D eigenvalue weighted by Gasteiger charge is 2.65. The number of nitrogens with one attached hydrogen (secondary N) is 1. The number of rotatable bonds is 5. The number of benzene rings is 1. The Morgan fingerprint density at radius 1 is 1.24 bits per heavy atom. The molecule has 112 valence electrons. The number of amides is 2. The van der Waals surface area contributed by atoms with Gasteiger partial charge in [0.1, 0.15) is 0 Å². The molecule has 4 N–H and O–H groups in total. The second-order valence-corrected chi connectivity index (χ2v) is 5.90. The fraction of sp³-hybridized carbons (Fsp3) is 0.400. The number of carbonyl (C=O) groups excluding carboxylic acids is 2. The minimum absolute atomic E-state index is 0.0207. The highest BCUT2D eigenvalue weighted by molar-refractivity contribution is 6.00. The number of aliphatic carboxylic acids is 1. The fourth-order valence-corrected chi connectivity index (χ4v) is 2.78. The molecule has 2 rings (SSSR count). The van der Waals surface area contributed by atoms with Gasteiger partial charge in [0.05, 0.1) is 18.3 Å². The van der Waals surface area contributed by atoms with E-state index in [1.54, 1.807) is 38.1 Å². The molecule has 0 saturated heterocycles. The molecule has 1 aromatic rings. The van der Waals surface area contributed by atoms with Gasteiger partial charge in [0.2, 0.25) is 11.8 Å². The lowest BCUT2D eigenvalue weighted by molar-refractivity contribution is -0.140. The summed E-state index contributed by atoms with van der Waals surface area (Å²) in [5.74, 6) is -3.06. The monoisotopic (exact) mass is 290 g/mol. The number of primary amides is 1. The van der Waals surface area contributed by atoms with E-state index >= 15 is 0 Å². The Balaban J connectivity index is 2.15. The van der Waals surface area contributed by atoms with Gasteiger partial charge < -0.3 is 16.2 Å². The molecule has 2 unspecified atom stereocenters. The van der Waals surface area contributed by atoms with Gasteiger partial charge in [-0.3, -0.25) is 14.4 Å². The number of carboxylic acid groups (broad SMARTS) is 1. The van der Waals surface area contributed by atoms with Crippen LogP contribution in [-0.4, -0.2) is 22.9 Å². The van der Waals surface area contributed by atoms with Crippen molar-refractivity contribution >= 4 is 23.5 Å². The van der Waals surface area contributed by atoms with Crippen LogP contribution >= 0.6 is 0 Å². The Hall–Kier alpha value is -2.37. The van der Waals surface area contributed by atoms with Crippen molar-refractivity contribution in [3.63, 3.8) is 0 Å². The lowest BCUT2D eigenvalue weighted by atomic mass is 10.1. The summed E-state index contributed by atoms with van der Waals surface area (Å²) >= 11 is 0. The molecule has 0 spiro atoms. The average Bonchev–Trinajstić information content (AvgIpc) is 2.94. The summed E-state index contributed by atoms with van der Waals surface area (Å²) in [5.41, 5.74) is 5.72. The standard InChI is InChI=1S/C15H18N2O4/c1-15(2)11(12(15)14(20)21)13(19)17-9-6-4-3-5-8(9)7-10(16)18/h3-6,11-12H,7H2,1-2H3,(H2,16,18)(H,17,19)(H,20,21). The summed E-state index contributed by atoms with van der Waals surface area (Å²) in [6, 6.07) is 6.84. The van der Waals surface area contributed by atoms with E-state index in [4.69, 9.17) is 10.8 Å². The van der Waals surface area contributed by atoms with E-state index in [0.29, 0.717) is 11.3 Å². The fourth-order valence-electron chi connectivity index (χ4n) is 2.78. The van der Waals surface area contributed by atoms with Gasteiger partial charge >= 0.3 is 5.97 Å². The SMILES string of the molecule is CC1(C)C(C(=O)O)C1C(=O)Nc1ccccc1CC(N)=O. The van der Waals surface area contributed by atoms with Crippen LogP contribution in [0.25, 0.3) is 0 Å². The number of carbonyl (C=O) groups is 3. The van der Waals surface area contributed by atoms with Crippen molar-refractivity contribution in [2.75, 3.05) is 5.32 Å². The molecule has 1 fully saturated rings. The van der Waals surface area contributed by atoms with Crippen molar-refractivity contribution < 1.29 is 19.5 Å². The van der Waals surface area contributed by atoms with Gasteiger partial charge in [-0.2, -0.15) is 0 Å². The predicted molar refractivity (Wildman–Crippen MR) is 76.4 cm³/mol. The molecule has 2 amide bonds. The Kier molecular flexibility index (Phi) is 3.72. The van der Waals surface area contributed by atoms with Crippen LogP contribution in [0, 0.1) is 17.3 Å². The van der Waals surface area contributed by atoms with Gasteiger partial charge in [0.25, 0.3) is 0 Å². The van der Waals surface area contributed by atoms with Crippen molar-refractivity contribution in [2.24, 2.45) is 23.0 Å². The van der Waals surface area contributed by atoms with Crippen molar-refractivity contribution in [1.82, 2.24) is 0 Å². The Labute approximate surface area is 122 Å². The van der Waals surface area contributed by atoms with E-state index in [0.717, 1.165) is 0 Å². The zero-order valence-corrected chi connectivity index (χ0v) is 11.9. The van der Waals surface area contributed by atoms with Gasteiger partial charge in [-0.05, 0) is 17.0 Å². The van der Waals surface area contributed by atoms with E-state index in [2.05, 4.69) is 5.32 Å². The van der Waals surface area contributed by atoms with Crippen LogP contribution in [0.15, 0.2) is 24.3 Å². The largest absolute Gasteiger partial charge is 0.481 e. The predicted octanol–water partition coefficient (Wildman–Crippen LogP) is 1.01. The van der Waals surface area contributed by atoms with Crippen LogP contribution in [0.4, 0.5) is 5.69 Å². The first-order valence-electron chi connectivity index (χ1n) is 6.65. The maximum Gasteiger partial charge on any atom is 0.307 e. The van der Waals surface area contributed by atoms with Gasteiger partial charge in [0.15, 0.2) is 0 Å². The molecule has 0 bridgehead atoms. The van der Waals surface area contributed by atoms with E-state index in [1.807, 2.05) is 0 Å². The molecule has 0 radical (unpaired) electrons. The van der Waals surface area contributed by atoms with E-state index < -0.39 is 29.1 Å². The number of carboxylic acids is 1. The first kappa shape index (κ1) is 15.0. The molecule has 2 atom stereocenters. The van der Waals surface area contributed by atoms with Crippen molar-refractivity contribution in [1.29, 1.82) is 0 Å². The molecule has 1 aromatic carbocycles. The number of hydrogen-bond donors (Lipinski definition) is 3. The second-order valence-electron chi connectivity index (χ2n) is 5.90. The zero-order valence-electron chi connectivity index (χ0n) is 11.9. The molecule has 6 heteroatoms. The molecule has 21 heavy (non-hydrogen) atoms. The van der Waals surface area contributed by atoms with Crippen LogP contribution in [-0.2, 0) is 20.8 Å². The van der Waals surface area contributed by atoms with Crippen LogP contribution in [0.1, 0.15) is 19.4 Å². The normalized spacial score (nSPS) is 22.4. The quantitative estimate of drug-likeness (QED) is 0.751. The summed E-state index contributed by atoms with van der Waals surface area (Å²) in [6.07, 6.45) is 0.0207. The highest BCUT2D eigenvalue weighted by Crippen LogP contribution is 2.58. The van der Waals surface area contributed by atoms with Gasteiger partial charge in [-0.15, -0.1) is 0 Å². The molecular weight excluding hydrogens is 272 g/mol. The minimum Gasteiger partial charge on any atom is -0.481 e. The molecule has 0 aliphatic heterocycles. The van der Waals surface area contributed by atoms with Crippen LogP contribution in [0.3, 0.4) is 0 Å². The summed E-state index contributed by atoms with van der Waals surface area (Å²) in [4.78, 5) is 34.4. The number of anilines is 1. The molecule has 0 aromatic heterocycles. The first-order chi connectivity index (χ1) is 9.75. The zero-order chi connectivity index (χ0) is 15.8. The third-order valence-electron chi connectivity index (χ3n) is 4.02. The molecule has 0 heterocycles. The Morgan fingerprint density at radius 2 is 1.86 bits per heavy atom. The van der Waals surface area contributed by atoms with Crippen LogP contribution < -0.4 is 11.1 Å². The molecule has 1 aliphatic carbocycles. The summed E-state index contributed by atoms with van der Waals surface area (Å²) in [6.45, 7) is 3.51. The Morgan fingerprint density at radius 3 is 2.38 bits per heavy atom. The van der Waals surface area contributed by atoms with Crippen molar-refractivity contribution in [3.05, 3.63) is 29.8 Å². The van der Waals surface area contributed by atoms with Crippen molar-refractivity contribution in [3.8, 4) is 0 Å². The van der Waals surface area contributed by atoms with Crippen LogP contribution in [0.5, 0.6) is 0 Å². The van der Waals surface area contributed by atoms with Crippen molar-refractivity contribution in [2.45, 2.75) is 20.3 Å². The van der Waals surface area contributed by atoms with Gasteiger partial charge in [-0.1, -0.05) is 32.0 Å². The maximum absolute atomic E-state index is 12.3. The lowest BCUT2D eigenvalue weighted by Gasteiger charge is -2.10. The van der Waals surface area contributed by atoms with Gasteiger partial charge in [-0.25, -0.2) is 0 Å². The molecular formula is C15H18N2O4. The topological polar surface area (TPSA) is 109 Å². The number of para-hydroxylation sites is 1. The highest BCUT2D eigenvalue weighted by atomic mass is 16.4. The minimum atomic E-state index is -0.967. The lowest BCUT2D eigenvalue weighted by Crippen LogP contribution is -2.20. The van der Waals surface area contributed by atoms with E-state index in [1.165, 1.54) is 0 Å².